The van der Waals surface area contributed by atoms with E-state index in [1.807, 2.05) is 27.7 Å². The molecule has 0 unspecified atom stereocenters. The molecule has 1 aliphatic rings. The van der Waals surface area contributed by atoms with E-state index in [1.165, 1.54) is 0 Å². The lowest BCUT2D eigenvalue weighted by Crippen LogP contribution is -2.41. The van der Waals surface area contributed by atoms with Crippen LogP contribution in [0, 0.1) is 18.2 Å². The summed E-state index contributed by atoms with van der Waals surface area (Å²) in [6, 6.07) is 4.90. The van der Waals surface area contributed by atoms with Crippen molar-refractivity contribution in [2.45, 2.75) is 38.9 Å². The third-order valence-electron chi connectivity index (χ3n) is 3.69. The fourth-order valence-electron chi connectivity index (χ4n) is 1.81. The Bertz CT molecular complexity index is 501. The first-order chi connectivity index (χ1) is 8.28. The molecule has 0 aromatic heterocycles. The van der Waals surface area contributed by atoms with Gasteiger partial charge in [0.25, 0.3) is 0 Å². The second-order valence-electron chi connectivity index (χ2n) is 5.44. The molecule has 1 aliphatic heterocycles. The predicted molar refractivity (Wildman–Crippen MR) is 70.1 cm³/mol. The van der Waals surface area contributed by atoms with Crippen LogP contribution in [0.15, 0.2) is 18.2 Å². The molecule has 0 atom stereocenters. The molecule has 2 nitrogen and oxygen atoms in total. The molecule has 0 radical (unpaired) electrons. The van der Waals surface area contributed by atoms with Crippen LogP contribution in [0.2, 0.25) is 0 Å². The summed E-state index contributed by atoms with van der Waals surface area (Å²) in [7, 11) is -0.719. The third kappa shape index (κ3) is 1.94. The summed E-state index contributed by atoms with van der Waals surface area (Å²) in [5.41, 5.74) is -0.404. The van der Waals surface area contributed by atoms with Crippen LogP contribution < -0.4 is 5.46 Å². The van der Waals surface area contributed by atoms with E-state index in [0.717, 1.165) is 0 Å². The molecular weight excluding hydrogens is 230 g/mol. The SMILES string of the molecule is C#Cc1cccc(B2OC(C)(C)C(C)(C)O2)c1F. The Morgan fingerprint density at radius 1 is 1.17 bits per heavy atom. The summed E-state index contributed by atoms with van der Waals surface area (Å²) in [4.78, 5) is 0. The maximum absolute atomic E-state index is 14.1. The number of halogens is 1. The summed E-state index contributed by atoms with van der Waals surface area (Å²) >= 11 is 0. The first kappa shape index (κ1) is 13.1. The molecule has 1 aromatic rings. The molecule has 0 spiro atoms. The van der Waals surface area contributed by atoms with Gasteiger partial charge in [-0.2, -0.15) is 0 Å². The Labute approximate surface area is 108 Å². The zero-order chi connectivity index (χ0) is 13.6. The Balaban J connectivity index is 2.39. The summed E-state index contributed by atoms with van der Waals surface area (Å²) in [6.45, 7) is 7.71. The van der Waals surface area contributed by atoms with Gasteiger partial charge in [0.05, 0.1) is 16.8 Å². The van der Waals surface area contributed by atoms with E-state index in [9.17, 15) is 4.39 Å². The Morgan fingerprint density at radius 2 is 1.72 bits per heavy atom. The molecule has 1 saturated heterocycles. The first-order valence-electron chi connectivity index (χ1n) is 5.89. The molecule has 1 fully saturated rings. The fourth-order valence-corrected chi connectivity index (χ4v) is 1.81. The Morgan fingerprint density at radius 3 is 2.22 bits per heavy atom. The third-order valence-corrected chi connectivity index (χ3v) is 3.69. The van der Waals surface area contributed by atoms with Crippen molar-refractivity contribution in [3.05, 3.63) is 29.6 Å². The van der Waals surface area contributed by atoms with Gasteiger partial charge in [-0.15, -0.1) is 6.42 Å². The minimum Gasteiger partial charge on any atom is -0.399 e. The lowest BCUT2D eigenvalue weighted by atomic mass is 9.78. The summed E-state index contributed by atoms with van der Waals surface area (Å²) in [6.07, 6.45) is 5.25. The van der Waals surface area contributed by atoms with E-state index in [2.05, 4.69) is 5.92 Å². The average Bonchev–Trinajstić information content (AvgIpc) is 2.48. The maximum Gasteiger partial charge on any atom is 0.497 e. The highest BCUT2D eigenvalue weighted by molar-refractivity contribution is 6.62. The average molecular weight is 246 g/mol. The van der Waals surface area contributed by atoms with E-state index in [1.54, 1.807) is 18.2 Å². The number of hydrogen-bond donors (Lipinski definition) is 0. The molecule has 4 heteroatoms. The van der Waals surface area contributed by atoms with Gasteiger partial charge in [-0.05, 0) is 33.8 Å². The van der Waals surface area contributed by atoms with Crippen LogP contribution >= 0.6 is 0 Å². The highest BCUT2D eigenvalue weighted by atomic mass is 19.1. The number of hydrogen-bond acceptors (Lipinski definition) is 2. The van der Waals surface area contributed by atoms with E-state index >= 15 is 0 Å². The number of rotatable bonds is 1. The van der Waals surface area contributed by atoms with E-state index in [0.29, 0.717) is 5.46 Å². The Hall–Kier alpha value is -1.31. The van der Waals surface area contributed by atoms with Crippen molar-refractivity contribution in [1.82, 2.24) is 0 Å². The van der Waals surface area contributed by atoms with Gasteiger partial charge < -0.3 is 9.31 Å². The number of benzene rings is 1. The van der Waals surface area contributed by atoms with Crippen LogP contribution in [0.25, 0.3) is 0 Å². The van der Waals surface area contributed by atoms with Crippen LogP contribution in [0.5, 0.6) is 0 Å². The van der Waals surface area contributed by atoms with Crippen molar-refractivity contribution in [1.29, 1.82) is 0 Å². The molecule has 0 amide bonds. The van der Waals surface area contributed by atoms with E-state index < -0.39 is 24.1 Å². The molecule has 0 saturated carbocycles. The van der Waals surface area contributed by atoms with Gasteiger partial charge >= 0.3 is 7.12 Å². The van der Waals surface area contributed by atoms with Gasteiger partial charge in [0.2, 0.25) is 0 Å². The van der Waals surface area contributed by atoms with Gasteiger partial charge in [-0.3, -0.25) is 0 Å². The van der Waals surface area contributed by atoms with Gasteiger partial charge in [0.15, 0.2) is 0 Å². The monoisotopic (exact) mass is 246 g/mol. The van der Waals surface area contributed by atoms with Gasteiger partial charge in [0, 0.05) is 5.46 Å². The van der Waals surface area contributed by atoms with Crippen molar-refractivity contribution in [3.8, 4) is 12.3 Å². The first-order valence-corrected chi connectivity index (χ1v) is 5.89. The summed E-state index contributed by atoms with van der Waals surface area (Å²) in [5.74, 6) is 1.87. The largest absolute Gasteiger partial charge is 0.497 e. The second kappa shape index (κ2) is 4.12. The van der Waals surface area contributed by atoms with Crippen molar-refractivity contribution >= 4 is 12.6 Å². The van der Waals surface area contributed by atoms with Crippen LogP contribution in [0.3, 0.4) is 0 Å². The van der Waals surface area contributed by atoms with E-state index in [-0.39, 0.29) is 5.56 Å². The summed E-state index contributed by atoms with van der Waals surface area (Å²) in [5, 5.41) is 0. The molecule has 2 rings (SSSR count). The Kier molecular flexibility index (Phi) is 3.00. The van der Waals surface area contributed by atoms with Crippen molar-refractivity contribution in [2.75, 3.05) is 0 Å². The normalized spacial score (nSPS) is 20.8. The molecule has 1 aromatic carbocycles. The zero-order valence-electron chi connectivity index (χ0n) is 11.1. The van der Waals surface area contributed by atoms with Gasteiger partial charge in [-0.25, -0.2) is 4.39 Å². The maximum atomic E-state index is 14.1. The van der Waals surface area contributed by atoms with Gasteiger partial charge in [0.1, 0.15) is 5.82 Å². The van der Waals surface area contributed by atoms with Crippen LogP contribution in [0.1, 0.15) is 33.3 Å². The standard InChI is InChI=1S/C14H16BFO2/c1-6-10-8-7-9-11(12(10)16)15-17-13(2,3)14(4,5)18-15/h1,7-9H,2-5H3. The lowest BCUT2D eigenvalue weighted by molar-refractivity contribution is 0.00578. The molecule has 94 valence electrons. The topological polar surface area (TPSA) is 18.5 Å². The van der Waals surface area contributed by atoms with Crippen molar-refractivity contribution in [3.63, 3.8) is 0 Å². The minimum atomic E-state index is -0.719. The van der Waals surface area contributed by atoms with Crippen molar-refractivity contribution in [2.24, 2.45) is 0 Å². The molecular formula is C14H16BFO2. The minimum absolute atomic E-state index is 0.224. The molecule has 0 aliphatic carbocycles. The molecule has 18 heavy (non-hydrogen) atoms. The van der Waals surface area contributed by atoms with E-state index in [4.69, 9.17) is 15.7 Å². The fraction of sp³-hybridized carbons (Fsp3) is 0.429. The second-order valence-corrected chi connectivity index (χ2v) is 5.44. The predicted octanol–water partition coefficient (Wildman–Crippen LogP) is 2.11. The van der Waals surface area contributed by atoms with Crippen LogP contribution in [-0.2, 0) is 9.31 Å². The van der Waals surface area contributed by atoms with Crippen LogP contribution in [-0.4, -0.2) is 18.3 Å². The number of terminal acetylenes is 1. The molecule has 1 heterocycles. The van der Waals surface area contributed by atoms with Crippen LogP contribution in [0.4, 0.5) is 4.39 Å². The van der Waals surface area contributed by atoms with Gasteiger partial charge in [-0.1, -0.05) is 18.1 Å². The van der Waals surface area contributed by atoms with Crippen molar-refractivity contribution < 1.29 is 13.7 Å². The lowest BCUT2D eigenvalue weighted by Gasteiger charge is -2.32. The highest BCUT2D eigenvalue weighted by Crippen LogP contribution is 2.36. The smallest absolute Gasteiger partial charge is 0.399 e. The quantitative estimate of drug-likeness (QED) is 0.558. The summed E-state index contributed by atoms with van der Waals surface area (Å²) < 4.78 is 25.7. The highest BCUT2D eigenvalue weighted by Gasteiger charge is 2.52. The zero-order valence-corrected chi connectivity index (χ0v) is 11.1. The molecule has 0 N–H and O–H groups in total. The molecule has 0 bridgehead atoms.